The molecular weight excluding hydrogens is 160 g/mol. The first-order chi connectivity index (χ1) is 5.57. The predicted octanol–water partition coefficient (Wildman–Crippen LogP) is -0.192. The van der Waals surface area contributed by atoms with Crippen molar-refractivity contribution in [2.75, 3.05) is 7.11 Å². The number of hydrogen-bond acceptors (Lipinski definition) is 3. The zero-order valence-corrected chi connectivity index (χ0v) is 7.17. The zero-order valence-electron chi connectivity index (χ0n) is 7.17. The molecule has 12 heavy (non-hydrogen) atoms. The number of carbonyl (C=O) groups excluding carboxylic acids is 1. The summed E-state index contributed by atoms with van der Waals surface area (Å²) in [6.07, 6.45) is 0. The second kappa shape index (κ2) is 2.84. The van der Waals surface area contributed by atoms with Gasteiger partial charge in [0, 0.05) is 7.05 Å². The predicted molar refractivity (Wildman–Crippen MR) is 42.1 cm³/mol. The van der Waals surface area contributed by atoms with Crippen LogP contribution in [0.15, 0.2) is 4.79 Å². The van der Waals surface area contributed by atoms with Gasteiger partial charge in [0.05, 0.1) is 12.8 Å². The van der Waals surface area contributed by atoms with Gasteiger partial charge >= 0.3 is 11.7 Å². The summed E-state index contributed by atoms with van der Waals surface area (Å²) in [5, 5.41) is 0. The van der Waals surface area contributed by atoms with Crippen molar-refractivity contribution in [2.24, 2.45) is 7.05 Å². The van der Waals surface area contributed by atoms with E-state index < -0.39 is 5.97 Å². The monoisotopic (exact) mass is 170 g/mol. The van der Waals surface area contributed by atoms with Crippen LogP contribution in [0.3, 0.4) is 0 Å². The van der Waals surface area contributed by atoms with Crippen LogP contribution < -0.4 is 5.69 Å². The quantitative estimate of drug-likeness (QED) is 0.594. The maximum absolute atomic E-state index is 11.0. The van der Waals surface area contributed by atoms with Crippen LogP contribution in [-0.2, 0) is 11.8 Å². The maximum atomic E-state index is 11.0. The van der Waals surface area contributed by atoms with Gasteiger partial charge in [0.15, 0.2) is 0 Å². The highest BCUT2D eigenvalue weighted by Crippen LogP contribution is 2.01. The SMILES string of the molecule is COC(=O)c1[nH]c(=O)n(C)c1C. The molecule has 0 fully saturated rings. The summed E-state index contributed by atoms with van der Waals surface area (Å²) in [4.78, 5) is 24.4. The summed E-state index contributed by atoms with van der Waals surface area (Å²) in [7, 11) is 2.85. The topological polar surface area (TPSA) is 64.1 Å². The van der Waals surface area contributed by atoms with Gasteiger partial charge in [-0.15, -0.1) is 0 Å². The lowest BCUT2D eigenvalue weighted by Gasteiger charge is -1.96. The number of esters is 1. The number of methoxy groups -OCH3 is 1. The van der Waals surface area contributed by atoms with E-state index in [-0.39, 0.29) is 11.4 Å². The second-order valence-electron chi connectivity index (χ2n) is 2.44. The molecule has 1 aromatic heterocycles. The number of carbonyl (C=O) groups is 1. The number of aromatic amines is 1. The Morgan fingerprint density at radius 3 is 2.50 bits per heavy atom. The molecule has 1 heterocycles. The van der Waals surface area contributed by atoms with Gasteiger partial charge in [-0.25, -0.2) is 9.59 Å². The van der Waals surface area contributed by atoms with Gasteiger partial charge in [0.25, 0.3) is 0 Å². The maximum Gasteiger partial charge on any atom is 0.356 e. The first-order valence-corrected chi connectivity index (χ1v) is 3.42. The van der Waals surface area contributed by atoms with Gasteiger partial charge in [0.1, 0.15) is 5.69 Å². The van der Waals surface area contributed by atoms with E-state index in [1.54, 1.807) is 14.0 Å². The molecular formula is C7H10N2O3. The van der Waals surface area contributed by atoms with Crippen molar-refractivity contribution >= 4 is 5.97 Å². The lowest BCUT2D eigenvalue weighted by molar-refractivity contribution is 0.0593. The van der Waals surface area contributed by atoms with E-state index in [2.05, 4.69) is 9.72 Å². The van der Waals surface area contributed by atoms with Crippen LogP contribution in [0.1, 0.15) is 16.2 Å². The Labute approximate surface area is 69.0 Å². The Balaban J connectivity index is 3.27. The molecule has 0 aliphatic carbocycles. The molecule has 0 bridgehead atoms. The number of nitrogens with one attached hydrogen (secondary N) is 1. The largest absolute Gasteiger partial charge is 0.464 e. The fourth-order valence-electron chi connectivity index (χ4n) is 0.902. The van der Waals surface area contributed by atoms with Crippen LogP contribution in [0, 0.1) is 6.92 Å². The minimum Gasteiger partial charge on any atom is -0.464 e. The normalized spacial score (nSPS) is 9.92. The van der Waals surface area contributed by atoms with Crippen molar-refractivity contribution in [3.63, 3.8) is 0 Å². The number of imidazole rings is 1. The van der Waals surface area contributed by atoms with E-state index in [0.29, 0.717) is 5.69 Å². The summed E-state index contributed by atoms with van der Waals surface area (Å²) in [5.74, 6) is -0.523. The molecule has 0 saturated heterocycles. The number of H-pyrrole nitrogens is 1. The van der Waals surface area contributed by atoms with E-state index in [4.69, 9.17) is 0 Å². The van der Waals surface area contributed by atoms with Crippen molar-refractivity contribution in [1.29, 1.82) is 0 Å². The molecule has 0 amide bonds. The molecule has 5 heteroatoms. The molecule has 0 spiro atoms. The highest BCUT2D eigenvalue weighted by Gasteiger charge is 2.14. The van der Waals surface area contributed by atoms with Gasteiger partial charge in [-0.2, -0.15) is 0 Å². The minimum absolute atomic E-state index is 0.213. The Morgan fingerprint density at radius 1 is 1.58 bits per heavy atom. The number of ether oxygens (including phenoxy) is 1. The average Bonchev–Trinajstić information content (AvgIpc) is 2.32. The molecule has 0 saturated carbocycles. The van der Waals surface area contributed by atoms with Crippen LogP contribution in [0.25, 0.3) is 0 Å². The number of aromatic nitrogens is 2. The van der Waals surface area contributed by atoms with Gasteiger partial charge in [-0.05, 0) is 6.92 Å². The average molecular weight is 170 g/mol. The molecule has 5 nitrogen and oxygen atoms in total. The van der Waals surface area contributed by atoms with E-state index >= 15 is 0 Å². The summed E-state index contributed by atoms with van der Waals surface area (Å²) in [6.45, 7) is 1.67. The van der Waals surface area contributed by atoms with Crippen molar-refractivity contribution < 1.29 is 9.53 Å². The lowest BCUT2D eigenvalue weighted by atomic mass is 10.3. The smallest absolute Gasteiger partial charge is 0.356 e. The van der Waals surface area contributed by atoms with E-state index in [0.717, 1.165) is 0 Å². The summed E-state index contributed by atoms with van der Waals surface area (Å²) in [6, 6.07) is 0. The van der Waals surface area contributed by atoms with Gasteiger partial charge in [-0.1, -0.05) is 0 Å². The zero-order chi connectivity index (χ0) is 9.30. The molecule has 0 radical (unpaired) electrons. The molecule has 0 aromatic carbocycles. The number of hydrogen-bond donors (Lipinski definition) is 1. The molecule has 0 atom stereocenters. The molecule has 0 aliphatic rings. The highest BCUT2D eigenvalue weighted by molar-refractivity contribution is 5.88. The van der Waals surface area contributed by atoms with Gasteiger partial charge in [0.2, 0.25) is 0 Å². The van der Waals surface area contributed by atoms with E-state index in [1.807, 2.05) is 0 Å². The summed E-state index contributed by atoms with van der Waals surface area (Å²) >= 11 is 0. The lowest BCUT2D eigenvalue weighted by Crippen LogP contribution is -2.13. The first-order valence-electron chi connectivity index (χ1n) is 3.42. The van der Waals surface area contributed by atoms with Crippen LogP contribution in [0.5, 0.6) is 0 Å². The number of rotatable bonds is 1. The van der Waals surface area contributed by atoms with E-state index in [1.165, 1.54) is 11.7 Å². The van der Waals surface area contributed by atoms with Crippen LogP contribution in [0.4, 0.5) is 0 Å². The molecule has 1 N–H and O–H groups in total. The highest BCUT2D eigenvalue weighted by atomic mass is 16.5. The first kappa shape index (κ1) is 8.58. The Bertz CT molecular complexity index is 361. The molecule has 0 unspecified atom stereocenters. The summed E-state index contributed by atoms with van der Waals surface area (Å²) < 4.78 is 5.82. The van der Waals surface area contributed by atoms with Crippen LogP contribution in [0.2, 0.25) is 0 Å². The van der Waals surface area contributed by atoms with Crippen LogP contribution >= 0.6 is 0 Å². The van der Waals surface area contributed by atoms with Gasteiger partial charge < -0.3 is 4.74 Å². The number of nitrogens with zero attached hydrogens (tertiary/aromatic N) is 1. The summed E-state index contributed by atoms with van der Waals surface area (Å²) in [5.41, 5.74) is 0.477. The third-order valence-corrected chi connectivity index (χ3v) is 1.79. The standard InChI is InChI=1S/C7H10N2O3/c1-4-5(6(10)12-3)8-7(11)9(4)2/h1-3H3,(H,8,11). The van der Waals surface area contributed by atoms with Crippen molar-refractivity contribution in [2.45, 2.75) is 6.92 Å². The Morgan fingerprint density at radius 2 is 2.17 bits per heavy atom. The van der Waals surface area contributed by atoms with Gasteiger partial charge in [-0.3, -0.25) is 9.55 Å². The van der Waals surface area contributed by atoms with Crippen molar-refractivity contribution in [3.05, 3.63) is 21.9 Å². The van der Waals surface area contributed by atoms with Crippen molar-refractivity contribution in [3.8, 4) is 0 Å². The van der Waals surface area contributed by atoms with Crippen LogP contribution in [-0.4, -0.2) is 22.6 Å². The molecule has 0 aliphatic heterocycles. The molecule has 66 valence electrons. The second-order valence-corrected chi connectivity index (χ2v) is 2.44. The van der Waals surface area contributed by atoms with Crippen molar-refractivity contribution in [1.82, 2.24) is 9.55 Å². The third kappa shape index (κ3) is 1.13. The fourth-order valence-corrected chi connectivity index (χ4v) is 0.902. The molecule has 1 aromatic rings. The Hall–Kier alpha value is -1.52. The fraction of sp³-hybridized carbons (Fsp3) is 0.429. The Kier molecular flexibility index (Phi) is 2.03. The molecule has 1 rings (SSSR count). The van der Waals surface area contributed by atoms with E-state index in [9.17, 15) is 9.59 Å². The third-order valence-electron chi connectivity index (χ3n) is 1.79. The minimum atomic E-state index is -0.523.